The molecule has 0 radical (unpaired) electrons. The zero-order valence-corrected chi connectivity index (χ0v) is 15.8. The van der Waals surface area contributed by atoms with Gasteiger partial charge in [0.25, 0.3) is 0 Å². The Labute approximate surface area is 157 Å². The van der Waals surface area contributed by atoms with Crippen molar-refractivity contribution >= 4 is 35.3 Å². The topological polar surface area (TPSA) is 46.4 Å². The van der Waals surface area contributed by atoms with Gasteiger partial charge in [0.05, 0.1) is 12.5 Å². The largest absolute Gasteiger partial charge is 0.326 e. The van der Waals surface area contributed by atoms with Gasteiger partial charge in [0.1, 0.15) is 5.82 Å². The molecule has 136 valence electrons. The number of benzene rings is 1. The number of thiazole rings is 1. The van der Waals surface area contributed by atoms with E-state index < -0.39 is 0 Å². The molecule has 2 aromatic rings. The number of hydrogen-bond donors (Lipinski definition) is 1. The van der Waals surface area contributed by atoms with Gasteiger partial charge in [-0.05, 0) is 37.1 Å². The molecule has 7 heteroatoms. The molecule has 25 heavy (non-hydrogen) atoms. The predicted molar refractivity (Wildman–Crippen MR) is 102 cm³/mol. The predicted octanol–water partition coefficient (Wildman–Crippen LogP) is 4.06. The fraction of sp³-hybridized carbons (Fsp3) is 0.444. The van der Waals surface area contributed by atoms with Crippen molar-refractivity contribution in [1.29, 1.82) is 0 Å². The van der Waals surface area contributed by atoms with Gasteiger partial charge in [0.15, 0.2) is 4.80 Å². The molecular formula is C18H23ClFN3OS. The van der Waals surface area contributed by atoms with Crippen LogP contribution in [0.2, 0.25) is 0 Å². The average molecular weight is 384 g/mol. The highest BCUT2D eigenvalue weighted by molar-refractivity contribution is 7.07. The van der Waals surface area contributed by atoms with Crippen LogP contribution in [0, 0.1) is 5.82 Å². The van der Waals surface area contributed by atoms with Crippen LogP contribution in [0.4, 0.5) is 10.1 Å². The van der Waals surface area contributed by atoms with Crippen molar-refractivity contribution < 1.29 is 9.18 Å². The first-order chi connectivity index (χ1) is 11.6. The minimum Gasteiger partial charge on any atom is -0.326 e. The highest BCUT2D eigenvalue weighted by Crippen LogP contribution is 2.20. The molecule has 0 atom stereocenters. The summed E-state index contributed by atoms with van der Waals surface area (Å²) >= 11 is 1.59. The molecule has 1 aliphatic rings. The number of carbonyl (C=O) groups is 1. The average Bonchev–Trinajstić information content (AvgIpc) is 2.91. The third-order valence-corrected chi connectivity index (χ3v) is 5.34. The smallest absolute Gasteiger partial charge is 0.230 e. The molecule has 1 heterocycles. The van der Waals surface area contributed by atoms with Crippen molar-refractivity contribution in [3.05, 3.63) is 46.0 Å². The van der Waals surface area contributed by atoms with E-state index in [2.05, 4.69) is 5.32 Å². The molecule has 0 bridgehead atoms. The Kier molecular flexibility index (Phi) is 7.20. The standard InChI is InChI=1S/C18H22FN3OS.ClH/c1-22-16(11-17(23)20-15-9-7-13(19)8-10-15)12-24-18(22)21-14-5-3-2-4-6-14;/h7-10,12,14H,2-6,11H2,1H3,(H,20,23);1H. The number of hydrogen-bond acceptors (Lipinski definition) is 3. The minimum absolute atomic E-state index is 0. The number of nitrogens with one attached hydrogen (secondary N) is 1. The van der Waals surface area contributed by atoms with Crippen molar-refractivity contribution in [2.75, 3.05) is 5.32 Å². The van der Waals surface area contributed by atoms with Crippen LogP contribution in [0.1, 0.15) is 37.8 Å². The molecule has 0 aliphatic heterocycles. The Hall–Kier alpha value is -1.66. The van der Waals surface area contributed by atoms with E-state index in [4.69, 9.17) is 4.99 Å². The van der Waals surface area contributed by atoms with E-state index in [0.717, 1.165) is 23.3 Å². The summed E-state index contributed by atoms with van der Waals surface area (Å²) < 4.78 is 14.9. The summed E-state index contributed by atoms with van der Waals surface area (Å²) in [6.07, 6.45) is 6.45. The summed E-state index contributed by atoms with van der Waals surface area (Å²) in [5, 5.41) is 4.78. The highest BCUT2D eigenvalue weighted by atomic mass is 35.5. The molecule has 0 unspecified atom stereocenters. The van der Waals surface area contributed by atoms with Crippen LogP contribution in [-0.2, 0) is 18.3 Å². The molecule has 1 N–H and O–H groups in total. The van der Waals surface area contributed by atoms with Crippen molar-refractivity contribution in [1.82, 2.24) is 4.57 Å². The second-order valence-corrected chi connectivity index (χ2v) is 7.06. The van der Waals surface area contributed by atoms with E-state index in [-0.39, 0.29) is 30.6 Å². The summed E-state index contributed by atoms with van der Waals surface area (Å²) in [6, 6.07) is 6.21. The second-order valence-electron chi connectivity index (χ2n) is 6.22. The summed E-state index contributed by atoms with van der Waals surface area (Å²) in [6.45, 7) is 0. The zero-order chi connectivity index (χ0) is 16.9. The van der Waals surface area contributed by atoms with E-state index in [0.29, 0.717) is 11.7 Å². The number of amides is 1. The van der Waals surface area contributed by atoms with Crippen LogP contribution in [0.5, 0.6) is 0 Å². The summed E-state index contributed by atoms with van der Waals surface area (Å²) in [4.78, 5) is 18.0. The van der Waals surface area contributed by atoms with E-state index in [1.54, 1.807) is 23.5 Å². The van der Waals surface area contributed by atoms with E-state index >= 15 is 0 Å². The number of carbonyl (C=O) groups excluding carboxylic acids is 1. The van der Waals surface area contributed by atoms with Gasteiger partial charge < -0.3 is 9.88 Å². The second kappa shape index (κ2) is 9.15. The van der Waals surface area contributed by atoms with Crippen molar-refractivity contribution in [3.8, 4) is 0 Å². The Morgan fingerprint density at radius 3 is 2.64 bits per heavy atom. The maximum absolute atomic E-state index is 12.9. The van der Waals surface area contributed by atoms with Gasteiger partial charge in [-0.3, -0.25) is 9.79 Å². The third kappa shape index (κ3) is 5.41. The first-order valence-corrected chi connectivity index (χ1v) is 9.22. The quantitative estimate of drug-likeness (QED) is 0.850. The van der Waals surface area contributed by atoms with Crippen LogP contribution in [0.3, 0.4) is 0 Å². The molecule has 1 aromatic heterocycles. The number of halogens is 2. The molecule has 1 amide bonds. The monoisotopic (exact) mass is 383 g/mol. The third-order valence-electron chi connectivity index (χ3n) is 4.36. The van der Waals surface area contributed by atoms with Crippen LogP contribution < -0.4 is 10.1 Å². The van der Waals surface area contributed by atoms with Crippen LogP contribution in [-0.4, -0.2) is 16.5 Å². The first kappa shape index (κ1) is 19.7. The van der Waals surface area contributed by atoms with Crippen LogP contribution in [0.15, 0.2) is 34.6 Å². The fourth-order valence-electron chi connectivity index (χ4n) is 2.95. The molecular weight excluding hydrogens is 361 g/mol. The van der Waals surface area contributed by atoms with Crippen molar-refractivity contribution in [2.45, 2.75) is 44.6 Å². The van der Waals surface area contributed by atoms with Gasteiger partial charge in [-0.25, -0.2) is 4.39 Å². The number of aromatic nitrogens is 1. The Morgan fingerprint density at radius 2 is 1.96 bits per heavy atom. The van der Waals surface area contributed by atoms with Gasteiger partial charge in [-0.1, -0.05) is 19.3 Å². The van der Waals surface area contributed by atoms with Crippen molar-refractivity contribution in [3.63, 3.8) is 0 Å². The molecule has 3 rings (SSSR count). The van der Waals surface area contributed by atoms with Crippen LogP contribution in [0.25, 0.3) is 0 Å². The van der Waals surface area contributed by atoms with Crippen molar-refractivity contribution in [2.24, 2.45) is 12.0 Å². The van der Waals surface area contributed by atoms with Gasteiger partial charge in [-0.15, -0.1) is 23.7 Å². The highest BCUT2D eigenvalue weighted by Gasteiger charge is 2.13. The lowest BCUT2D eigenvalue weighted by atomic mass is 9.96. The summed E-state index contributed by atoms with van der Waals surface area (Å²) in [5.74, 6) is -0.426. The Bertz CT molecular complexity index is 763. The van der Waals surface area contributed by atoms with Gasteiger partial charge in [-0.2, -0.15) is 0 Å². The fourth-order valence-corrected chi connectivity index (χ4v) is 3.92. The lowest BCUT2D eigenvalue weighted by Crippen LogP contribution is -2.22. The molecule has 1 fully saturated rings. The summed E-state index contributed by atoms with van der Waals surface area (Å²) in [7, 11) is 1.96. The molecule has 4 nitrogen and oxygen atoms in total. The van der Waals surface area contributed by atoms with E-state index in [1.807, 2.05) is 17.0 Å². The van der Waals surface area contributed by atoms with Gasteiger partial charge >= 0.3 is 0 Å². The summed E-state index contributed by atoms with van der Waals surface area (Å²) in [5.41, 5.74) is 1.54. The molecule has 1 saturated carbocycles. The maximum Gasteiger partial charge on any atom is 0.230 e. The number of nitrogens with zero attached hydrogens (tertiary/aromatic N) is 2. The normalized spacial score (nSPS) is 15.7. The number of anilines is 1. The molecule has 1 aliphatic carbocycles. The lowest BCUT2D eigenvalue weighted by molar-refractivity contribution is -0.115. The Balaban J connectivity index is 0.00000225. The van der Waals surface area contributed by atoms with E-state index in [1.165, 1.54) is 31.4 Å². The molecule has 1 aromatic carbocycles. The molecule has 0 saturated heterocycles. The first-order valence-electron chi connectivity index (χ1n) is 8.34. The maximum atomic E-state index is 12.9. The van der Waals surface area contributed by atoms with Crippen LogP contribution >= 0.6 is 23.7 Å². The zero-order valence-electron chi connectivity index (χ0n) is 14.2. The Morgan fingerprint density at radius 1 is 1.28 bits per heavy atom. The van der Waals surface area contributed by atoms with Gasteiger partial charge in [0.2, 0.25) is 5.91 Å². The van der Waals surface area contributed by atoms with E-state index in [9.17, 15) is 9.18 Å². The number of rotatable bonds is 4. The minimum atomic E-state index is -0.314. The van der Waals surface area contributed by atoms with Gasteiger partial charge in [0, 0.05) is 23.8 Å². The lowest BCUT2D eigenvalue weighted by Gasteiger charge is -2.16. The molecule has 0 spiro atoms. The SMILES string of the molecule is Cl.Cn1c(CC(=O)Nc2ccc(F)cc2)csc1=NC1CCCCC1.